The quantitative estimate of drug-likeness (QED) is 0.532. The van der Waals surface area contributed by atoms with Gasteiger partial charge in [0.05, 0.1) is 6.54 Å². The van der Waals surface area contributed by atoms with E-state index in [1.165, 1.54) is 0 Å². The van der Waals surface area contributed by atoms with Crippen molar-refractivity contribution in [2.45, 2.75) is 6.54 Å². The molecule has 0 aromatic heterocycles. The average Bonchev–Trinajstić information content (AvgIpc) is 2.06. The normalized spacial score (nSPS) is 10.5. The van der Waals surface area contributed by atoms with Crippen LogP contribution in [0, 0.1) is 0 Å². The Bertz CT molecular complexity index is 203. The van der Waals surface area contributed by atoms with Crippen LogP contribution in [0.3, 0.4) is 0 Å². The van der Waals surface area contributed by atoms with Crippen LogP contribution in [-0.2, 0) is 6.54 Å². The fourth-order valence-corrected chi connectivity index (χ4v) is 0.774. The van der Waals surface area contributed by atoms with Crippen LogP contribution >= 0.6 is 0 Å². The van der Waals surface area contributed by atoms with Crippen molar-refractivity contribution in [1.29, 1.82) is 0 Å². The van der Waals surface area contributed by atoms with E-state index < -0.39 is 0 Å². The second-order valence-corrected chi connectivity index (χ2v) is 2.09. The number of hydrogen-bond acceptors (Lipinski definition) is 2. The summed E-state index contributed by atoms with van der Waals surface area (Å²) in [6, 6.07) is 8.77. The molecule has 4 heteroatoms. The molecule has 11 heavy (non-hydrogen) atoms. The van der Waals surface area contributed by atoms with Crippen LogP contribution in [0.25, 0.3) is 0 Å². The molecule has 0 amide bonds. The van der Waals surface area contributed by atoms with Gasteiger partial charge in [-0.1, -0.05) is 36.0 Å². The summed E-state index contributed by atoms with van der Waals surface area (Å²) in [5, 5.41) is -0.130. The van der Waals surface area contributed by atoms with Gasteiger partial charge in [0.2, 0.25) is 0 Å². The van der Waals surface area contributed by atoms with E-state index in [1.54, 1.807) is 24.3 Å². The van der Waals surface area contributed by atoms with Crippen molar-refractivity contribution in [2.24, 2.45) is 0 Å². The minimum absolute atomic E-state index is 0.0999. The molecule has 0 saturated heterocycles. The van der Waals surface area contributed by atoms with Crippen molar-refractivity contribution in [1.82, 2.24) is 10.9 Å². The summed E-state index contributed by atoms with van der Waals surface area (Å²) in [4.78, 5) is 0. The standard InChI is InChI=1S/C7H8F2N2/c8-10-11(9)6-7-4-2-1-3-5-7/h1-5,10H,6H2. The molecular weight excluding hydrogens is 150 g/mol. The predicted molar refractivity (Wildman–Crippen MR) is 37.3 cm³/mol. The minimum Gasteiger partial charge on any atom is -0.119 e. The van der Waals surface area contributed by atoms with E-state index in [0.29, 0.717) is 5.56 Å². The number of halogens is 2. The molecule has 0 aliphatic rings. The average molecular weight is 158 g/mol. The summed E-state index contributed by atoms with van der Waals surface area (Å²) in [5.74, 6) is 0. The van der Waals surface area contributed by atoms with Gasteiger partial charge in [0, 0.05) is 0 Å². The van der Waals surface area contributed by atoms with Gasteiger partial charge < -0.3 is 0 Å². The first-order chi connectivity index (χ1) is 5.33. The molecule has 1 aromatic rings. The molecule has 0 radical (unpaired) electrons. The molecule has 0 aliphatic heterocycles. The van der Waals surface area contributed by atoms with Crippen molar-refractivity contribution in [2.75, 3.05) is 0 Å². The Morgan fingerprint density at radius 1 is 1.27 bits per heavy atom. The second-order valence-electron chi connectivity index (χ2n) is 2.09. The van der Waals surface area contributed by atoms with Gasteiger partial charge in [-0.25, -0.2) is 0 Å². The number of nitrogens with zero attached hydrogens (tertiary/aromatic N) is 1. The number of nitrogens with one attached hydrogen (secondary N) is 1. The molecule has 0 aliphatic carbocycles. The third kappa shape index (κ3) is 2.61. The Kier molecular flexibility index (Phi) is 2.95. The smallest absolute Gasteiger partial charge is 0.0728 e. The van der Waals surface area contributed by atoms with E-state index in [1.807, 2.05) is 6.07 Å². The zero-order valence-electron chi connectivity index (χ0n) is 5.80. The fourth-order valence-electron chi connectivity index (χ4n) is 0.774. The van der Waals surface area contributed by atoms with E-state index >= 15 is 0 Å². The Labute approximate surface area is 63.3 Å². The molecule has 0 fully saturated rings. The highest BCUT2D eigenvalue weighted by molar-refractivity contribution is 5.13. The highest BCUT2D eigenvalue weighted by Crippen LogP contribution is 2.01. The molecule has 1 rings (SSSR count). The van der Waals surface area contributed by atoms with Crippen LogP contribution in [0.5, 0.6) is 0 Å². The maximum absolute atomic E-state index is 12.2. The highest BCUT2D eigenvalue weighted by Gasteiger charge is 2.00. The van der Waals surface area contributed by atoms with Crippen molar-refractivity contribution < 1.29 is 8.96 Å². The maximum Gasteiger partial charge on any atom is 0.0728 e. The largest absolute Gasteiger partial charge is 0.119 e. The van der Waals surface area contributed by atoms with Gasteiger partial charge in [-0.3, -0.25) is 0 Å². The number of rotatable bonds is 3. The molecule has 1 aromatic carbocycles. The lowest BCUT2D eigenvalue weighted by atomic mass is 10.2. The Hall–Kier alpha value is -1.00. The minimum atomic E-state index is -0.130. The first-order valence-electron chi connectivity index (χ1n) is 3.16. The zero-order valence-corrected chi connectivity index (χ0v) is 5.80. The Morgan fingerprint density at radius 2 is 1.91 bits per heavy atom. The summed E-state index contributed by atoms with van der Waals surface area (Å²) < 4.78 is 23.5. The van der Waals surface area contributed by atoms with Crippen molar-refractivity contribution in [3.63, 3.8) is 0 Å². The van der Waals surface area contributed by atoms with Gasteiger partial charge in [0.25, 0.3) is 0 Å². The van der Waals surface area contributed by atoms with E-state index in [-0.39, 0.29) is 11.8 Å². The first-order valence-corrected chi connectivity index (χ1v) is 3.16. The predicted octanol–water partition coefficient (Wildman–Crippen LogP) is 1.76. The van der Waals surface area contributed by atoms with Crippen LogP contribution in [-0.4, -0.2) is 5.23 Å². The maximum atomic E-state index is 12.2. The Morgan fingerprint density at radius 3 is 2.45 bits per heavy atom. The molecule has 0 bridgehead atoms. The van der Waals surface area contributed by atoms with Crippen LogP contribution in [0.2, 0.25) is 0 Å². The molecule has 2 nitrogen and oxygen atoms in total. The monoisotopic (exact) mass is 158 g/mol. The van der Waals surface area contributed by atoms with E-state index in [2.05, 4.69) is 0 Å². The summed E-state index contributed by atoms with van der Waals surface area (Å²) >= 11 is 0. The van der Waals surface area contributed by atoms with Gasteiger partial charge in [-0.15, -0.1) is 8.96 Å². The van der Waals surface area contributed by atoms with Crippen molar-refractivity contribution >= 4 is 0 Å². The topological polar surface area (TPSA) is 15.3 Å². The van der Waals surface area contributed by atoms with E-state index in [9.17, 15) is 8.96 Å². The van der Waals surface area contributed by atoms with Gasteiger partial charge in [0.15, 0.2) is 0 Å². The summed E-state index contributed by atoms with van der Waals surface area (Å²) in [6.07, 6.45) is 0. The third-order valence-electron chi connectivity index (χ3n) is 1.26. The molecule has 1 N–H and O–H groups in total. The molecule has 0 atom stereocenters. The third-order valence-corrected chi connectivity index (χ3v) is 1.26. The summed E-state index contributed by atoms with van der Waals surface area (Å²) in [5.41, 5.74) is 1.59. The van der Waals surface area contributed by atoms with Crippen molar-refractivity contribution in [3.8, 4) is 0 Å². The molecular formula is C7H8F2N2. The Balaban J connectivity index is 2.51. The lowest BCUT2D eigenvalue weighted by Crippen LogP contribution is -2.22. The van der Waals surface area contributed by atoms with E-state index in [4.69, 9.17) is 0 Å². The molecule has 60 valence electrons. The molecule has 0 heterocycles. The van der Waals surface area contributed by atoms with Crippen LogP contribution in [0.15, 0.2) is 30.3 Å². The number of benzene rings is 1. The van der Waals surface area contributed by atoms with Crippen LogP contribution < -0.4 is 5.65 Å². The SMILES string of the molecule is FNN(F)Cc1ccccc1. The summed E-state index contributed by atoms with van der Waals surface area (Å²) in [6.45, 7) is -0.0999. The first kappa shape index (κ1) is 8.10. The van der Waals surface area contributed by atoms with Gasteiger partial charge >= 0.3 is 0 Å². The van der Waals surface area contributed by atoms with Gasteiger partial charge in [0.1, 0.15) is 0 Å². The van der Waals surface area contributed by atoms with Crippen LogP contribution in [0.1, 0.15) is 5.56 Å². The summed E-state index contributed by atoms with van der Waals surface area (Å²) in [7, 11) is 0. The number of hydrogen-bond donors (Lipinski definition) is 1. The van der Waals surface area contributed by atoms with Gasteiger partial charge in [-0.2, -0.15) is 0 Å². The zero-order chi connectivity index (χ0) is 8.10. The molecule has 0 spiro atoms. The number of hydrazine groups is 1. The fraction of sp³-hybridized carbons (Fsp3) is 0.143. The lowest BCUT2D eigenvalue weighted by molar-refractivity contribution is -0.107. The second kappa shape index (κ2) is 4.00. The molecule has 0 unspecified atom stereocenters. The molecule has 0 saturated carbocycles. The van der Waals surface area contributed by atoms with Crippen molar-refractivity contribution in [3.05, 3.63) is 35.9 Å². The van der Waals surface area contributed by atoms with Gasteiger partial charge in [-0.05, 0) is 10.8 Å². The lowest BCUT2D eigenvalue weighted by Gasteiger charge is -2.05. The van der Waals surface area contributed by atoms with E-state index in [0.717, 1.165) is 5.65 Å². The van der Waals surface area contributed by atoms with Crippen LogP contribution in [0.4, 0.5) is 8.96 Å². The highest BCUT2D eigenvalue weighted by atomic mass is 19.2.